The van der Waals surface area contributed by atoms with Crippen LogP contribution in [0.4, 0.5) is 0 Å². The van der Waals surface area contributed by atoms with E-state index in [-0.39, 0.29) is 5.92 Å². The minimum Gasteiger partial charge on any atom is -0.342 e. The van der Waals surface area contributed by atoms with Gasteiger partial charge in [-0.1, -0.05) is 47.1 Å². The van der Waals surface area contributed by atoms with E-state index in [9.17, 15) is 4.79 Å². The first-order valence-corrected chi connectivity index (χ1v) is 8.09. The van der Waals surface area contributed by atoms with Crippen LogP contribution in [0.5, 0.6) is 0 Å². The molecule has 1 saturated heterocycles. The van der Waals surface area contributed by atoms with Crippen molar-refractivity contribution in [3.05, 3.63) is 35.4 Å². The Morgan fingerprint density at radius 3 is 2.63 bits per heavy atom. The molecule has 0 spiro atoms. The highest BCUT2D eigenvalue weighted by molar-refractivity contribution is 9.09. The summed E-state index contributed by atoms with van der Waals surface area (Å²) >= 11 is 3.66. The number of alkyl halides is 1. The average molecular weight is 322 g/mol. The normalized spacial score (nSPS) is 24.5. The van der Waals surface area contributed by atoms with Crippen LogP contribution in [0.3, 0.4) is 0 Å². The van der Waals surface area contributed by atoms with Gasteiger partial charge in [0.1, 0.15) is 0 Å². The van der Waals surface area contributed by atoms with E-state index in [1.807, 2.05) is 6.07 Å². The van der Waals surface area contributed by atoms with E-state index in [2.05, 4.69) is 46.0 Å². The molecule has 1 aliphatic carbocycles. The number of benzene rings is 1. The summed E-state index contributed by atoms with van der Waals surface area (Å²) in [6.07, 6.45) is 3.20. The highest BCUT2D eigenvalue weighted by Crippen LogP contribution is 2.37. The molecule has 0 aromatic heterocycles. The number of nitrogens with zero attached hydrogens (tertiary/aromatic N) is 1. The molecule has 3 rings (SSSR count). The number of likely N-dealkylation sites (tertiary alicyclic amines) is 1. The maximum absolute atomic E-state index is 12.5. The fourth-order valence-electron chi connectivity index (χ4n) is 3.28. The minimum atomic E-state index is 0.133. The van der Waals surface area contributed by atoms with Gasteiger partial charge in [-0.05, 0) is 36.3 Å². The maximum Gasteiger partial charge on any atom is 0.230 e. The van der Waals surface area contributed by atoms with Gasteiger partial charge in [0, 0.05) is 17.9 Å². The Morgan fingerprint density at radius 2 is 2.00 bits per heavy atom. The van der Waals surface area contributed by atoms with Crippen LogP contribution in [0.15, 0.2) is 24.3 Å². The Kier molecular flexibility index (Phi) is 3.66. The molecule has 1 heterocycles. The van der Waals surface area contributed by atoms with Crippen LogP contribution in [-0.4, -0.2) is 28.7 Å². The molecule has 0 saturated carbocycles. The van der Waals surface area contributed by atoms with E-state index >= 15 is 0 Å². The van der Waals surface area contributed by atoms with E-state index in [1.165, 1.54) is 11.1 Å². The fourth-order valence-corrected chi connectivity index (χ4v) is 3.81. The Balaban J connectivity index is 1.62. The van der Waals surface area contributed by atoms with Crippen LogP contribution in [0.1, 0.15) is 36.8 Å². The molecule has 1 aromatic rings. The third kappa shape index (κ3) is 2.45. The number of carbonyl (C=O) groups is 1. The number of fused-ring (bicyclic) bond motifs is 1. The average Bonchev–Trinajstić information content (AvgIpc) is 2.40. The van der Waals surface area contributed by atoms with Gasteiger partial charge in [0.2, 0.25) is 5.91 Å². The summed E-state index contributed by atoms with van der Waals surface area (Å²) in [6, 6.07) is 8.34. The minimum absolute atomic E-state index is 0.133. The summed E-state index contributed by atoms with van der Waals surface area (Å²) in [5.41, 5.74) is 2.60. The van der Waals surface area contributed by atoms with Crippen LogP contribution in [0.2, 0.25) is 0 Å². The number of piperidine rings is 1. The smallest absolute Gasteiger partial charge is 0.230 e. The quantitative estimate of drug-likeness (QED) is 0.765. The van der Waals surface area contributed by atoms with Gasteiger partial charge in [-0.2, -0.15) is 0 Å². The molecule has 1 amide bonds. The molecule has 2 atom stereocenters. The second-order valence-electron chi connectivity index (χ2n) is 5.80. The zero-order valence-corrected chi connectivity index (χ0v) is 12.9. The van der Waals surface area contributed by atoms with Crippen molar-refractivity contribution in [2.75, 3.05) is 13.1 Å². The lowest BCUT2D eigenvalue weighted by molar-refractivity contribution is -0.134. The van der Waals surface area contributed by atoms with Crippen LogP contribution < -0.4 is 0 Å². The third-order valence-electron chi connectivity index (χ3n) is 4.65. The molecule has 1 aliphatic heterocycles. The summed E-state index contributed by atoms with van der Waals surface area (Å²) in [6.45, 7) is 4.07. The molecule has 19 heavy (non-hydrogen) atoms. The van der Waals surface area contributed by atoms with Crippen LogP contribution in [0, 0.1) is 5.92 Å². The van der Waals surface area contributed by atoms with E-state index in [1.54, 1.807) is 0 Å². The highest BCUT2D eigenvalue weighted by Gasteiger charge is 2.36. The largest absolute Gasteiger partial charge is 0.342 e. The van der Waals surface area contributed by atoms with Gasteiger partial charge in [0.15, 0.2) is 0 Å². The SMILES string of the molecule is CC(Br)C1CCN(C(=O)C2Cc3ccccc32)CC1. The molecule has 0 N–H and O–H groups in total. The van der Waals surface area contributed by atoms with Gasteiger partial charge in [-0.15, -0.1) is 0 Å². The molecule has 0 bridgehead atoms. The lowest BCUT2D eigenvalue weighted by Gasteiger charge is -2.38. The Hall–Kier alpha value is -0.830. The monoisotopic (exact) mass is 321 g/mol. The van der Waals surface area contributed by atoms with Crippen LogP contribution in [-0.2, 0) is 11.2 Å². The van der Waals surface area contributed by atoms with Gasteiger partial charge < -0.3 is 4.90 Å². The van der Waals surface area contributed by atoms with Crippen LogP contribution in [0.25, 0.3) is 0 Å². The van der Waals surface area contributed by atoms with E-state index in [0.29, 0.717) is 10.7 Å². The van der Waals surface area contributed by atoms with Gasteiger partial charge in [-0.25, -0.2) is 0 Å². The molecule has 2 unspecified atom stereocenters. The summed E-state index contributed by atoms with van der Waals surface area (Å²) in [5, 5.41) is 0. The topological polar surface area (TPSA) is 20.3 Å². The molecule has 1 aromatic carbocycles. The lowest BCUT2D eigenvalue weighted by Crippen LogP contribution is -2.44. The zero-order chi connectivity index (χ0) is 13.4. The summed E-state index contributed by atoms with van der Waals surface area (Å²) in [7, 11) is 0. The molecule has 2 nitrogen and oxygen atoms in total. The first-order valence-electron chi connectivity index (χ1n) is 7.17. The Labute approximate surface area is 123 Å². The molecule has 3 heteroatoms. The summed E-state index contributed by atoms with van der Waals surface area (Å²) in [4.78, 5) is 15.2. The van der Waals surface area contributed by atoms with Crippen molar-refractivity contribution >= 4 is 21.8 Å². The van der Waals surface area contributed by atoms with Crippen molar-refractivity contribution in [2.24, 2.45) is 5.92 Å². The molecule has 0 radical (unpaired) electrons. The molecule has 2 aliphatic rings. The van der Waals surface area contributed by atoms with Crippen LogP contribution >= 0.6 is 15.9 Å². The molecular formula is C16H20BrNO. The predicted octanol–water partition coefficient (Wildman–Crippen LogP) is 3.35. The number of amides is 1. The van der Waals surface area contributed by atoms with Gasteiger partial charge in [0.25, 0.3) is 0 Å². The van der Waals surface area contributed by atoms with Gasteiger partial charge in [0.05, 0.1) is 5.92 Å². The van der Waals surface area contributed by atoms with E-state index in [4.69, 9.17) is 0 Å². The number of hydrogen-bond acceptors (Lipinski definition) is 1. The predicted molar refractivity (Wildman–Crippen MR) is 80.6 cm³/mol. The highest BCUT2D eigenvalue weighted by atomic mass is 79.9. The molecule has 1 fully saturated rings. The first kappa shape index (κ1) is 13.2. The number of hydrogen-bond donors (Lipinski definition) is 0. The summed E-state index contributed by atoms with van der Waals surface area (Å²) < 4.78 is 0. The van der Waals surface area contributed by atoms with Crippen molar-refractivity contribution in [2.45, 2.75) is 36.9 Å². The third-order valence-corrected chi connectivity index (χ3v) is 5.40. The van der Waals surface area contributed by atoms with Gasteiger partial charge >= 0.3 is 0 Å². The van der Waals surface area contributed by atoms with E-state index < -0.39 is 0 Å². The van der Waals surface area contributed by atoms with Crippen molar-refractivity contribution < 1.29 is 4.79 Å². The summed E-state index contributed by atoms with van der Waals surface area (Å²) in [5.74, 6) is 1.20. The van der Waals surface area contributed by atoms with Crippen molar-refractivity contribution in [3.8, 4) is 0 Å². The zero-order valence-electron chi connectivity index (χ0n) is 11.3. The standard InChI is InChI=1S/C16H20BrNO/c1-11(17)12-6-8-18(9-7-12)16(19)15-10-13-4-2-3-5-14(13)15/h2-5,11-12,15H,6-10H2,1H3. The number of rotatable bonds is 2. The molecule has 102 valence electrons. The second-order valence-corrected chi connectivity index (χ2v) is 7.24. The first-order chi connectivity index (χ1) is 9.16. The van der Waals surface area contributed by atoms with E-state index in [0.717, 1.165) is 38.3 Å². The number of carbonyl (C=O) groups excluding carboxylic acids is 1. The Morgan fingerprint density at radius 1 is 1.32 bits per heavy atom. The fraction of sp³-hybridized carbons (Fsp3) is 0.562. The lowest BCUT2D eigenvalue weighted by atomic mass is 9.76. The molecular weight excluding hydrogens is 302 g/mol. The van der Waals surface area contributed by atoms with Crippen molar-refractivity contribution in [1.29, 1.82) is 0 Å². The van der Waals surface area contributed by atoms with Crippen molar-refractivity contribution in [3.63, 3.8) is 0 Å². The Bertz CT molecular complexity index is 477. The second kappa shape index (κ2) is 5.28. The maximum atomic E-state index is 12.5. The van der Waals surface area contributed by atoms with Gasteiger partial charge in [-0.3, -0.25) is 4.79 Å². The number of halogens is 1. The van der Waals surface area contributed by atoms with Crippen molar-refractivity contribution in [1.82, 2.24) is 4.90 Å².